The standard InChI is InChI=1S/C17H11ClF4N2O3/c1-23-14(17(20,21)22)8-15(25)24(16(23)26)13-6-9(11(18)7-12(13)19)5-10-3-2-4-27-10/h2-4,6-8H,5H2,1H3. The van der Waals surface area contributed by atoms with Gasteiger partial charge in [0.15, 0.2) is 0 Å². The summed E-state index contributed by atoms with van der Waals surface area (Å²) < 4.78 is 58.9. The summed E-state index contributed by atoms with van der Waals surface area (Å²) in [5.74, 6) is -0.538. The summed E-state index contributed by atoms with van der Waals surface area (Å²) >= 11 is 6.00. The van der Waals surface area contributed by atoms with E-state index in [4.69, 9.17) is 16.0 Å². The molecule has 3 rings (SSSR count). The van der Waals surface area contributed by atoms with Gasteiger partial charge in [0, 0.05) is 24.6 Å². The molecule has 0 saturated heterocycles. The van der Waals surface area contributed by atoms with Crippen molar-refractivity contribution >= 4 is 11.6 Å². The van der Waals surface area contributed by atoms with E-state index in [0.29, 0.717) is 15.9 Å². The Morgan fingerprint density at radius 3 is 2.48 bits per heavy atom. The van der Waals surface area contributed by atoms with E-state index in [1.807, 2.05) is 0 Å². The summed E-state index contributed by atoms with van der Waals surface area (Å²) in [5, 5.41) is 0.0180. The molecule has 1 aromatic carbocycles. The number of halogens is 5. The lowest BCUT2D eigenvalue weighted by Crippen LogP contribution is -2.41. The SMILES string of the molecule is Cn1c(C(F)(F)F)cc(=O)n(-c2cc(Cc3ccco3)c(Cl)cc2F)c1=O. The van der Waals surface area contributed by atoms with Crippen molar-refractivity contribution in [2.24, 2.45) is 7.05 Å². The zero-order valence-corrected chi connectivity index (χ0v) is 14.4. The molecule has 3 aromatic rings. The molecule has 0 amide bonds. The fourth-order valence-electron chi connectivity index (χ4n) is 2.61. The predicted molar refractivity (Wildman–Crippen MR) is 88.8 cm³/mol. The van der Waals surface area contributed by atoms with E-state index >= 15 is 0 Å². The lowest BCUT2D eigenvalue weighted by atomic mass is 10.1. The highest BCUT2D eigenvalue weighted by Crippen LogP contribution is 2.28. The van der Waals surface area contributed by atoms with E-state index in [9.17, 15) is 27.2 Å². The normalized spacial score (nSPS) is 11.8. The van der Waals surface area contributed by atoms with Gasteiger partial charge in [-0.2, -0.15) is 13.2 Å². The summed E-state index contributed by atoms with van der Waals surface area (Å²) in [6.45, 7) is 0. The van der Waals surface area contributed by atoms with Gasteiger partial charge < -0.3 is 4.42 Å². The number of rotatable bonds is 3. The van der Waals surface area contributed by atoms with Crippen LogP contribution < -0.4 is 11.2 Å². The number of aromatic nitrogens is 2. The van der Waals surface area contributed by atoms with E-state index in [1.165, 1.54) is 6.26 Å². The smallest absolute Gasteiger partial charge is 0.431 e. The first kappa shape index (κ1) is 19.0. The van der Waals surface area contributed by atoms with Crippen LogP contribution in [0.5, 0.6) is 0 Å². The van der Waals surface area contributed by atoms with Gasteiger partial charge in [-0.3, -0.25) is 9.36 Å². The maximum Gasteiger partial charge on any atom is 0.431 e. The molecular formula is C17H11ClF4N2O3. The quantitative estimate of drug-likeness (QED) is 0.630. The lowest BCUT2D eigenvalue weighted by molar-refractivity contribution is -0.144. The van der Waals surface area contributed by atoms with E-state index in [1.54, 1.807) is 12.1 Å². The molecule has 0 radical (unpaired) electrons. The first-order valence-corrected chi connectivity index (χ1v) is 7.88. The monoisotopic (exact) mass is 402 g/mol. The van der Waals surface area contributed by atoms with Crippen LogP contribution >= 0.6 is 11.6 Å². The zero-order chi connectivity index (χ0) is 19.9. The van der Waals surface area contributed by atoms with Crippen LogP contribution in [0.3, 0.4) is 0 Å². The van der Waals surface area contributed by atoms with E-state index in [2.05, 4.69) is 0 Å². The molecule has 0 atom stereocenters. The van der Waals surface area contributed by atoms with Crippen molar-refractivity contribution in [3.63, 3.8) is 0 Å². The van der Waals surface area contributed by atoms with Gasteiger partial charge in [-0.25, -0.2) is 13.8 Å². The average molecular weight is 403 g/mol. The van der Waals surface area contributed by atoms with Crippen molar-refractivity contribution in [2.75, 3.05) is 0 Å². The Kier molecular flexibility index (Phi) is 4.73. The number of nitrogens with zero attached hydrogens (tertiary/aromatic N) is 2. The lowest BCUT2D eigenvalue weighted by Gasteiger charge is -2.15. The van der Waals surface area contributed by atoms with Crippen LogP contribution in [-0.2, 0) is 19.6 Å². The molecule has 2 heterocycles. The highest BCUT2D eigenvalue weighted by molar-refractivity contribution is 6.31. The van der Waals surface area contributed by atoms with Crippen LogP contribution in [0.25, 0.3) is 5.69 Å². The maximum atomic E-state index is 14.4. The zero-order valence-electron chi connectivity index (χ0n) is 13.7. The second-order valence-electron chi connectivity index (χ2n) is 5.69. The molecule has 0 spiro atoms. The van der Waals surface area contributed by atoms with Gasteiger partial charge in [0.1, 0.15) is 17.3 Å². The molecule has 27 heavy (non-hydrogen) atoms. The van der Waals surface area contributed by atoms with Crippen LogP contribution in [0.1, 0.15) is 17.0 Å². The summed E-state index contributed by atoms with van der Waals surface area (Å²) in [5.41, 5.74) is -4.24. The summed E-state index contributed by atoms with van der Waals surface area (Å²) in [7, 11) is 0.846. The molecule has 142 valence electrons. The summed E-state index contributed by atoms with van der Waals surface area (Å²) in [6, 6.07) is 5.53. The van der Waals surface area contributed by atoms with Crippen molar-refractivity contribution in [1.82, 2.24) is 9.13 Å². The third kappa shape index (κ3) is 3.55. The van der Waals surface area contributed by atoms with Gasteiger partial charge in [0.2, 0.25) is 0 Å². The Morgan fingerprint density at radius 2 is 1.89 bits per heavy atom. The molecule has 0 aliphatic rings. The number of benzene rings is 1. The van der Waals surface area contributed by atoms with Gasteiger partial charge in [0.05, 0.1) is 12.0 Å². The minimum atomic E-state index is -4.91. The topological polar surface area (TPSA) is 57.1 Å². The number of furan rings is 1. The first-order valence-electron chi connectivity index (χ1n) is 7.50. The number of hydrogen-bond donors (Lipinski definition) is 0. The van der Waals surface area contributed by atoms with Crippen LogP contribution in [0.2, 0.25) is 5.02 Å². The Labute approximate surface area is 154 Å². The van der Waals surface area contributed by atoms with Crippen molar-refractivity contribution in [1.29, 1.82) is 0 Å². The highest BCUT2D eigenvalue weighted by atomic mass is 35.5. The Balaban J connectivity index is 2.21. The minimum absolute atomic E-state index is 0.0180. The third-order valence-corrected chi connectivity index (χ3v) is 4.26. The highest BCUT2D eigenvalue weighted by Gasteiger charge is 2.35. The second-order valence-corrected chi connectivity index (χ2v) is 6.10. The third-order valence-electron chi connectivity index (χ3n) is 3.91. The molecular weight excluding hydrogens is 392 g/mol. The van der Waals surface area contributed by atoms with E-state index in [-0.39, 0.29) is 22.1 Å². The molecule has 0 aliphatic heterocycles. The van der Waals surface area contributed by atoms with E-state index < -0.39 is 34.6 Å². The molecule has 0 unspecified atom stereocenters. The molecule has 0 fully saturated rings. The fraction of sp³-hybridized carbons (Fsp3) is 0.176. The number of alkyl halides is 3. The average Bonchev–Trinajstić information content (AvgIpc) is 3.07. The largest absolute Gasteiger partial charge is 0.469 e. The summed E-state index contributed by atoms with van der Waals surface area (Å²) in [6.07, 6.45) is -3.35. The molecule has 0 N–H and O–H groups in total. The van der Waals surface area contributed by atoms with Crippen molar-refractivity contribution in [3.8, 4) is 5.69 Å². The molecule has 10 heteroatoms. The van der Waals surface area contributed by atoms with Gasteiger partial charge in [0.25, 0.3) is 5.56 Å². The van der Waals surface area contributed by atoms with Crippen molar-refractivity contribution in [2.45, 2.75) is 12.6 Å². The predicted octanol–water partition coefficient (Wildman–Crippen LogP) is 3.53. The van der Waals surface area contributed by atoms with Crippen LogP contribution in [-0.4, -0.2) is 9.13 Å². The second kappa shape index (κ2) is 6.73. The van der Waals surface area contributed by atoms with Gasteiger partial charge in [-0.1, -0.05) is 11.6 Å². The van der Waals surface area contributed by atoms with Gasteiger partial charge in [-0.15, -0.1) is 0 Å². The van der Waals surface area contributed by atoms with Crippen LogP contribution in [0, 0.1) is 5.82 Å². The van der Waals surface area contributed by atoms with Crippen LogP contribution in [0.15, 0.2) is 50.6 Å². The molecule has 5 nitrogen and oxygen atoms in total. The Bertz CT molecular complexity index is 1110. The minimum Gasteiger partial charge on any atom is -0.469 e. The van der Waals surface area contributed by atoms with Gasteiger partial charge in [-0.05, 0) is 29.8 Å². The first-order chi connectivity index (χ1) is 12.6. The van der Waals surface area contributed by atoms with Gasteiger partial charge >= 0.3 is 11.9 Å². The van der Waals surface area contributed by atoms with Crippen LogP contribution in [0.4, 0.5) is 17.6 Å². The summed E-state index contributed by atoms with van der Waals surface area (Å²) in [4.78, 5) is 24.5. The molecule has 0 aliphatic carbocycles. The molecule has 2 aromatic heterocycles. The Morgan fingerprint density at radius 1 is 1.19 bits per heavy atom. The molecule has 0 saturated carbocycles. The fourth-order valence-corrected chi connectivity index (χ4v) is 2.83. The van der Waals surface area contributed by atoms with Crippen molar-refractivity contribution in [3.05, 3.63) is 85.3 Å². The Hall–Kier alpha value is -2.81. The van der Waals surface area contributed by atoms with Crippen molar-refractivity contribution < 1.29 is 22.0 Å². The maximum absolute atomic E-state index is 14.4. The number of hydrogen-bond acceptors (Lipinski definition) is 3. The van der Waals surface area contributed by atoms with E-state index in [0.717, 1.165) is 19.2 Å². The molecule has 0 bridgehead atoms.